The highest BCUT2D eigenvalue weighted by Gasteiger charge is 2.14. The monoisotopic (exact) mass is 355 g/mol. The van der Waals surface area contributed by atoms with Crippen molar-refractivity contribution in [1.29, 1.82) is 0 Å². The Morgan fingerprint density at radius 3 is 2.38 bits per heavy atom. The van der Waals surface area contributed by atoms with Crippen LogP contribution in [0, 0.1) is 25.5 Å². The number of carbonyl (C=O) groups is 1. The zero-order chi connectivity index (χ0) is 18.7. The first-order valence-corrected chi connectivity index (χ1v) is 8.25. The summed E-state index contributed by atoms with van der Waals surface area (Å²) in [5.74, 6) is -2.09. The molecule has 0 spiro atoms. The first kappa shape index (κ1) is 17.8. The summed E-state index contributed by atoms with van der Waals surface area (Å²) in [7, 11) is 0. The topological polar surface area (TPSA) is 46.9 Å². The van der Waals surface area contributed by atoms with E-state index in [0.29, 0.717) is 6.54 Å². The van der Waals surface area contributed by atoms with E-state index in [1.807, 2.05) is 48.9 Å². The normalized spacial score (nSPS) is 10.8. The number of halogens is 2. The van der Waals surface area contributed by atoms with Crippen LogP contribution in [0.2, 0.25) is 0 Å². The van der Waals surface area contributed by atoms with Gasteiger partial charge in [-0.3, -0.25) is 9.48 Å². The number of nitrogens with zero attached hydrogens (tertiary/aromatic N) is 2. The Labute approximate surface area is 150 Å². The molecule has 6 heteroatoms. The molecule has 3 rings (SSSR count). The molecular weight excluding hydrogens is 336 g/mol. The number of rotatable bonds is 5. The van der Waals surface area contributed by atoms with Crippen molar-refractivity contribution in [3.63, 3.8) is 0 Å². The van der Waals surface area contributed by atoms with Gasteiger partial charge < -0.3 is 5.32 Å². The van der Waals surface area contributed by atoms with Crippen LogP contribution in [-0.2, 0) is 13.1 Å². The Morgan fingerprint density at radius 2 is 1.73 bits per heavy atom. The van der Waals surface area contributed by atoms with Crippen LogP contribution in [0.3, 0.4) is 0 Å². The van der Waals surface area contributed by atoms with Crippen LogP contribution < -0.4 is 5.32 Å². The van der Waals surface area contributed by atoms with Crippen LogP contribution in [0.1, 0.15) is 32.9 Å². The minimum absolute atomic E-state index is 0.0468. The summed E-state index contributed by atoms with van der Waals surface area (Å²) in [4.78, 5) is 12.2. The second kappa shape index (κ2) is 7.47. The van der Waals surface area contributed by atoms with Crippen molar-refractivity contribution in [3.05, 3.63) is 88.2 Å². The van der Waals surface area contributed by atoms with Crippen LogP contribution in [0.15, 0.2) is 48.5 Å². The molecule has 134 valence electrons. The van der Waals surface area contributed by atoms with E-state index in [1.165, 1.54) is 0 Å². The number of carbonyl (C=O) groups excluding carboxylic acids is 1. The molecule has 0 aliphatic heterocycles. The number of aryl methyl sites for hydroxylation is 1. The molecule has 0 unspecified atom stereocenters. The first-order chi connectivity index (χ1) is 12.4. The molecule has 0 radical (unpaired) electrons. The smallest absolute Gasteiger partial charge is 0.251 e. The van der Waals surface area contributed by atoms with Gasteiger partial charge in [-0.1, -0.05) is 30.3 Å². The van der Waals surface area contributed by atoms with E-state index in [4.69, 9.17) is 0 Å². The van der Waals surface area contributed by atoms with Gasteiger partial charge in [0.05, 0.1) is 12.2 Å². The van der Waals surface area contributed by atoms with Gasteiger partial charge in [-0.05, 0) is 31.5 Å². The SMILES string of the molecule is Cc1nn(Cc2ccccc2)c(C)c1CNC(=O)c1cc(F)cc(F)c1. The summed E-state index contributed by atoms with van der Waals surface area (Å²) >= 11 is 0. The van der Waals surface area contributed by atoms with Crippen molar-refractivity contribution < 1.29 is 13.6 Å². The molecule has 0 saturated carbocycles. The van der Waals surface area contributed by atoms with Crippen molar-refractivity contribution in [2.75, 3.05) is 0 Å². The molecule has 0 bridgehead atoms. The molecule has 26 heavy (non-hydrogen) atoms. The summed E-state index contributed by atoms with van der Waals surface area (Å²) in [6.07, 6.45) is 0. The van der Waals surface area contributed by atoms with E-state index in [1.54, 1.807) is 0 Å². The molecule has 4 nitrogen and oxygen atoms in total. The Balaban J connectivity index is 1.73. The quantitative estimate of drug-likeness (QED) is 0.758. The van der Waals surface area contributed by atoms with Crippen LogP contribution in [0.5, 0.6) is 0 Å². The Hall–Kier alpha value is -3.02. The van der Waals surface area contributed by atoms with Crippen LogP contribution in [0.4, 0.5) is 8.78 Å². The van der Waals surface area contributed by atoms with Gasteiger partial charge in [0.2, 0.25) is 0 Å². The van der Waals surface area contributed by atoms with E-state index >= 15 is 0 Å². The second-order valence-corrected chi connectivity index (χ2v) is 6.13. The van der Waals surface area contributed by atoms with Gasteiger partial charge in [0.1, 0.15) is 11.6 Å². The number of amides is 1. The van der Waals surface area contributed by atoms with E-state index in [-0.39, 0.29) is 12.1 Å². The summed E-state index contributed by atoms with van der Waals surface area (Å²) in [6, 6.07) is 12.7. The number of nitrogens with one attached hydrogen (secondary N) is 1. The predicted molar refractivity (Wildman–Crippen MR) is 94.8 cm³/mol. The maximum absolute atomic E-state index is 13.3. The highest BCUT2D eigenvalue weighted by molar-refractivity contribution is 5.94. The number of aromatic nitrogens is 2. The minimum Gasteiger partial charge on any atom is -0.348 e. The van der Waals surface area contributed by atoms with Crippen molar-refractivity contribution >= 4 is 5.91 Å². The molecule has 1 amide bonds. The lowest BCUT2D eigenvalue weighted by molar-refractivity contribution is 0.0950. The third-order valence-electron chi connectivity index (χ3n) is 4.26. The summed E-state index contributed by atoms with van der Waals surface area (Å²) in [6.45, 7) is 4.68. The number of benzene rings is 2. The zero-order valence-corrected chi connectivity index (χ0v) is 14.6. The third kappa shape index (κ3) is 3.96. The molecule has 0 aliphatic carbocycles. The molecule has 0 atom stereocenters. The van der Waals surface area contributed by atoms with Gasteiger partial charge in [0.25, 0.3) is 5.91 Å². The van der Waals surface area contributed by atoms with Gasteiger partial charge in [-0.25, -0.2) is 8.78 Å². The lowest BCUT2D eigenvalue weighted by Crippen LogP contribution is -2.23. The molecule has 1 N–H and O–H groups in total. The fraction of sp³-hybridized carbons (Fsp3) is 0.200. The maximum Gasteiger partial charge on any atom is 0.251 e. The molecule has 0 saturated heterocycles. The standard InChI is InChI=1S/C20H19F2N3O/c1-13-19(11-23-20(26)16-8-17(21)10-18(22)9-16)14(2)25(24-13)12-15-6-4-3-5-7-15/h3-10H,11-12H2,1-2H3,(H,23,26). The number of hydrogen-bond donors (Lipinski definition) is 1. The molecular formula is C20H19F2N3O. The predicted octanol–water partition coefficient (Wildman–Crippen LogP) is 3.76. The van der Waals surface area contributed by atoms with Crippen molar-refractivity contribution in [2.45, 2.75) is 26.9 Å². The highest BCUT2D eigenvalue weighted by Crippen LogP contribution is 2.15. The average Bonchev–Trinajstić information content (AvgIpc) is 2.86. The number of hydrogen-bond acceptors (Lipinski definition) is 2. The zero-order valence-electron chi connectivity index (χ0n) is 14.6. The molecule has 2 aromatic carbocycles. The van der Waals surface area contributed by atoms with E-state index < -0.39 is 17.5 Å². The third-order valence-corrected chi connectivity index (χ3v) is 4.26. The average molecular weight is 355 g/mol. The van der Waals surface area contributed by atoms with Gasteiger partial charge in [0, 0.05) is 29.4 Å². The Kier molecular flexibility index (Phi) is 5.11. The summed E-state index contributed by atoms with van der Waals surface area (Å²) in [5, 5.41) is 7.23. The molecule has 1 heterocycles. The first-order valence-electron chi connectivity index (χ1n) is 8.25. The van der Waals surface area contributed by atoms with Gasteiger partial charge in [-0.15, -0.1) is 0 Å². The van der Waals surface area contributed by atoms with Crippen LogP contribution >= 0.6 is 0 Å². The fourth-order valence-corrected chi connectivity index (χ4v) is 2.86. The second-order valence-electron chi connectivity index (χ2n) is 6.13. The summed E-state index contributed by atoms with van der Waals surface area (Å²) in [5.41, 5.74) is 3.73. The molecule has 0 fully saturated rings. The largest absolute Gasteiger partial charge is 0.348 e. The summed E-state index contributed by atoms with van der Waals surface area (Å²) < 4.78 is 28.4. The fourth-order valence-electron chi connectivity index (χ4n) is 2.86. The molecule has 3 aromatic rings. The molecule has 1 aromatic heterocycles. The van der Waals surface area contributed by atoms with Crippen molar-refractivity contribution in [3.8, 4) is 0 Å². The minimum atomic E-state index is -0.779. The van der Waals surface area contributed by atoms with Crippen LogP contribution in [0.25, 0.3) is 0 Å². The lowest BCUT2D eigenvalue weighted by atomic mass is 10.1. The van der Waals surface area contributed by atoms with E-state index in [0.717, 1.165) is 40.7 Å². The van der Waals surface area contributed by atoms with Crippen molar-refractivity contribution in [1.82, 2.24) is 15.1 Å². The van der Waals surface area contributed by atoms with Crippen molar-refractivity contribution in [2.24, 2.45) is 0 Å². The molecule has 0 aliphatic rings. The van der Waals surface area contributed by atoms with E-state index in [2.05, 4.69) is 10.4 Å². The lowest BCUT2D eigenvalue weighted by Gasteiger charge is -2.08. The van der Waals surface area contributed by atoms with Gasteiger partial charge in [-0.2, -0.15) is 5.10 Å². The van der Waals surface area contributed by atoms with Crippen LogP contribution in [-0.4, -0.2) is 15.7 Å². The van der Waals surface area contributed by atoms with E-state index in [9.17, 15) is 13.6 Å². The maximum atomic E-state index is 13.3. The van der Waals surface area contributed by atoms with Gasteiger partial charge in [0.15, 0.2) is 0 Å². The Morgan fingerprint density at radius 1 is 1.08 bits per heavy atom. The highest BCUT2D eigenvalue weighted by atomic mass is 19.1. The van der Waals surface area contributed by atoms with Gasteiger partial charge >= 0.3 is 0 Å². The Bertz CT molecular complexity index is 915.